The molecule has 0 fully saturated rings. The van der Waals surface area contributed by atoms with Gasteiger partial charge < -0.3 is 9.73 Å². The average molecular weight is 232 g/mol. The molecule has 0 amide bonds. The first kappa shape index (κ1) is 9.81. The minimum Gasteiger partial charge on any atom is -0.454 e. The molecule has 1 aromatic heterocycles. The third kappa shape index (κ3) is 2.35. The van der Waals surface area contributed by atoms with Crippen LogP contribution >= 0.6 is 15.9 Å². The molecule has 1 unspecified atom stereocenters. The van der Waals surface area contributed by atoms with Gasteiger partial charge in [0.15, 0.2) is 4.67 Å². The summed E-state index contributed by atoms with van der Waals surface area (Å²) in [5, 5.41) is 3.15. The monoisotopic (exact) mass is 231 g/mol. The van der Waals surface area contributed by atoms with Crippen molar-refractivity contribution in [1.82, 2.24) is 5.32 Å². The summed E-state index contributed by atoms with van der Waals surface area (Å²) in [5.74, 6) is 1.54. The van der Waals surface area contributed by atoms with Crippen molar-refractivity contribution in [3.63, 3.8) is 0 Å². The first-order valence-corrected chi connectivity index (χ1v) is 4.97. The zero-order chi connectivity index (χ0) is 8.97. The highest BCUT2D eigenvalue weighted by Crippen LogP contribution is 2.23. The van der Waals surface area contributed by atoms with E-state index in [1.165, 1.54) is 0 Å². The van der Waals surface area contributed by atoms with Crippen LogP contribution < -0.4 is 5.32 Å². The van der Waals surface area contributed by atoms with Crippen LogP contribution in [0.1, 0.15) is 25.0 Å². The molecule has 1 atom stereocenters. The summed E-state index contributed by atoms with van der Waals surface area (Å²) in [6.07, 6.45) is 1.10. The van der Waals surface area contributed by atoms with Gasteiger partial charge in [-0.15, -0.1) is 0 Å². The lowest BCUT2D eigenvalue weighted by Gasteiger charge is -2.10. The second kappa shape index (κ2) is 4.67. The van der Waals surface area contributed by atoms with Gasteiger partial charge in [-0.05, 0) is 41.5 Å². The summed E-state index contributed by atoms with van der Waals surface area (Å²) in [6, 6.07) is 3.96. The van der Waals surface area contributed by atoms with Crippen molar-refractivity contribution in [3.8, 4) is 0 Å². The molecule has 0 aliphatic carbocycles. The predicted octanol–water partition coefficient (Wildman–Crippen LogP) is 2.76. The number of likely N-dealkylation sites (N-methyl/N-ethyl adjacent to an activating group) is 1. The molecule has 0 bridgehead atoms. The molecule has 2 nitrogen and oxygen atoms in total. The van der Waals surface area contributed by atoms with Crippen LogP contribution in [0, 0.1) is 0 Å². The third-order valence-corrected chi connectivity index (χ3v) is 2.37. The van der Waals surface area contributed by atoms with E-state index in [0.29, 0.717) is 5.92 Å². The lowest BCUT2D eigenvalue weighted by atomic mass is 10.0. The Morgan fingerprint density at radius 2 is 2.33 bits per heavy atom. The van der Waals surface area contributed by atoms with Gasteiger partial charge in [0, 0.05) is 12.5 Å². The van der Waals surface area contributed by atoms with E-state index in [2.05, 4.69) is 28.2 Å². The second-order valence-electron chi connectivity index (χ2n) is 2.80. The highest BCUT2D eigenvalue weighted by molar-refractivity contribution is 9.10. The molecule has 1 rings (SSSR count). The van der Waals surface area contributed by atoms with E-state index in [1.807, 2.05) is 19.2 Å². The Hall–Kier alpha value is -0.280. The van der Waals surface area contributed by atoms with Gasteiger partial charge in [0.05, 0.1) is 0 Å². The maximum atomic E-state index is 5.47. The van der Waals surface area contributed by atoms with Crippen LogP contribution in [0.2, 0.25) is 0 Å². The Morgan fingerprint density at radius 3 is 2.75 bits per heavy atom. The molecule has 0 aromatic carbocycles. The van der Waals surface area contributed by atoms with Crippen molar-refractivity contribution < 1.29 is 4.42 Å². The first-order valence-electron chi connectivity index (χ1n) is 4.17. The van der Waals surface area contributed by atoms with Crippen molar-refractivity contribution in [2.24, 2.45) is 0 Å². The molecule has 3 heteroatoms. The largest absolute Gasteiger partial charge is 0.454 e. The van der Waals surface area contributed by atoms with Gasteiger partial charge >= 0.3 is 0 Å². The Bertz CT molecular complexity index is 234. The number of rotatable bonds is 4. The topological polar surface area (TPSA) is 25.2 Å². The quantitative estimate of drug-likeness (QED) is 0.863. The van der Waals surface area contributed by atoms with E-state index in [1.54, 1.807) is 0 Å². The molecule has 0 saturated heterocycles. The molecule has 0 aliphatic heterocycles. The smallest absolute Gasteiger partial charge is 0.169 e. The summed E-state index contributed by atoms with van der Waals surface area (Å²) in [6.45, 7) is 3.13. The molecule has 12 heavy (non-hydrogen) atoms. The molecule has 68 valence electrons. The summed E-state index contributed by atoms with van der Waals surface area (Å²) in [5.41, 5.74) is 0. The fraction of sp³-hybridized carbons (Fsp3) is 0.556. The van der Waals surface area contributed by atoms with Crippen LogP contribution in [0.5, 0.6) is 0 Å². The van der Waals surface area contributed by atoms with E-state index in [-0.39, 0.29) is 0 Å². The molecule has 1 aromatic rings. The zero-order valence-electron chi connectivity index (χ0n) is 7.43. The van der Waals surface area contributed by atoms with E-state index in [4.69, 9.17) is 4.42 Å². The summed E-state index contributed by atoms with van der Waals surface area (Å²) in [7, 11) is 1.96. The summed E-state index contributed by atoms with van der Waals surface area (Å²) in [4.78, 5) is 0. The van der Waals surface area contributed by atoms with E-state index in [0.717, 1.165) is 23.4 Å². The lowest BCUT2D eigenvalue weighted by Crippen LogP contribution is -2.15. The maximum absolute atomic E-state index is 5.47. The number of nitrogens with one attached hydrogen (secondary N) is 1. The van der Waals surface area contributed by atoms with Crippen LogP contribution in [-0.4, -0.2) is 13.6 Å². The highest BCUT2D eigenvalue weighted by atomic mass is 79.9. The van der Waals surface area contributed by atoms with Gasteiger partial charge in [-0.2, -0.15) is 0 Å². The zero-order valence-corrected chi connectivity index (χ0v) is 9.02. The highest BCUT2D eigenvalue weighted by Gasteiger charge is 2.11. The minimum absolute atomic E-state index is 0.487. The van der Waals surface area contributed by atoms with Gasteiger partial charge in [0.1, 0.15) is 5.76 Å². The molecule has 1 N–H and O–H groups in total. The number of halogens is 1. The van der Waals surface area contributed by atoms with E-state index < -0.39 is 0 Å². The number of furan rings is 1. The normalized spacial score (nSPS) is 13.2. The Kier molecular flexibility index (Phi) is 3.82. The summed E-state index contributed by atoms with van der Waals surface area (Å²) < 4.78 is 6.28. The van der Waals surface area contributed by atoms with Crippen molar-refractivity contribution in [2.75, 3.05) is 13.6 Å². The Labute approximate surface area is 81.5 Å². The van der Waals surface area contributed by atoms with E-state index >= 15 is 0 Å². The molecule has 0 aliphatic rings. The van der Waals surface area contributed by atoms with Crippen LogP contribution in [0.25, 0.3) is 0 Å². The molecule has 0 spiro atoms. The van der Waals surface area contributed by atoms with Gasteiger partial charge in [-0.25, -0.2) is 0 Å². The Balaban J connectivity index is 2.66. The molecule has 1 heterocycles. The Morgan fingerprint density at radius 1 is 1.58 bits per heavy atom. The third-order valence-electron chi connectivity index (χ3n) is 1.94. The molecular formula is C9H14BrNO. The fourth-order valence-corrected chi connectivity index (χ4v) is 1.56. The second-order valence-corrected chi connectivity index (χ2v) is 3.59. The van der Waals surface area contributed by atoms with E-state index in [9.17, 15) is 0 Å². The molecule has 0 saturated carbocycles. The van der Waals surface area contributed by atoms with Crippen LogP contribution in [0.3, 0.4) is 0 Å². The lowest BCUT2D eigenvalue weighted by molar-refractivity contribution is 0.431. The molecule has 0 radical (unpaired) electrons. The van der Waals surface area contributed by atoms with Gasteiger partial charge in [0.25, 0.3) is 0 Å². The number of hydrogen-bond donors (Lipinski definition) is 1. The van der Waals surface area contributed by atoms with Crippen LogP contribution in [0.15, 0.2) is 21.2 Å². The van der Waals surface area contributed by atoms with Crippen molar-refractivity contribution >= 4 is 15.9 Å². The fourth-order valence-electron chi connectivity index (χ4n) is 1.24. The maximum Gasteiger partial charge on any atom is 0.169 e. The van der Waals surface area contributed by atoms with Gasteiger partial charge in [-0.1, -0.05) is 6.92 Å². The van der Waals surface area contributed by atoms with Crippen molar-refractivity contribution in [3.05, 3.63) is 22.6 Å². The van der Waals surface area contributed by atoms with Gasteiger partial charge in [0.2, 0.25) is 0 Å². The first-order chi connectivity index (χ1) is 5.77. The molecular weight excluding hydrogens is 218 g/mol. The summed E-state index contributed by atoms with van der Waals surface area (Å²) >= 11 is 3.29. The van der Waals surface area contributed by atoms with Crippen molar-refractivity contribution in [1.29, 1.82) is 0 Å². The van der Waals surface area contributed by atoms with Gasteiger partial charge in [-0.3, -0.25) is 0 Å². The number of hydrogen-bond acceptors (Lipinski definition) is 2. The van der Waals surface area contributed by atoms with Crippen LogP contribution in [0.4, 0.5) is 0 Å². The predicted molar refractivity (Wildman–Crippen MR) is 53.4 cm³/mol. The average Bonchev–Trinajstić information content (AvgIpc) is 2.47. The minimum atomic E-state index is 0.487. The SMILES string of the molecule is CCC(CNC)c1ccc(Br)o1. The van der Waals surface area contributed by atoms with Crippen molar-refractivity contribution in [2.45, 2.75) is 19.3 Å². The van der Waals surface area contributed by atoms with Crippen LogP contribution in [-0.2, 0) is 0 Å². The standard InChI is InChI=1S/C9H14BrNO/c1-3-7(6-11-2)8-4-5-9(10)12-8/h4-5,7,11H,3,6H2,1-2H3.